The molecule has 1 N–H and O–H groups in total. The van der Waals surface area contributed by atoms with Crippen molar-refractivity contribution in [1.82, 2.24) is 0 Å². The summed E-state index contributed by atoms with van der Waals surface area (Å²) in [5.41, 5.74) is 0.203. The van der Waals surface area contributed by atoms with Crippen LogP contribution in [0.1, 0.15) is 169 Å². The minimum Gasteiger partial charge on any atom is -0.462 e. The van der Waals surface area contributed by atoms with Crippen LogP contribution in [0.4, 0.5) is 0 Å². The summed E-state index contributed by atoms with van der Waals surface area (Å²) in [5, 5.41) is 0. The highest BCUT2D eigenvalue weighted by Gasteiger charge is 2.19. The molecular weight excluding hydrogens is 552 g/mol. The summed E-state index contributed by atoms with van der Waals surface area (Å²) in [4.78, 5) is 24.8. The molecule has 0 bridgehead atoms. The Bertz CT molecular complexity index is 930. The van der Waals surface area contributed by atoms with Crippen LogP contribution in [-0.2, 0) is 19.6 Å². The zero-order chi connectivity index (χ0) is 30.7. The predicted molar refractivity (Wildman–Crippen MR) is 171 cm³/mol. The number of carbonyl (C=O) groups is 2. The summed E-state index contributed by atoms with van der Waals surface area (Å²) >= 11 is 0. The lowest BCUT2D eigenvalue weighted by Crippen LogP contribution is -2.16. The van der Waals surface area contributed by atoms with Crippen LogP contribution < -0.4 is 0 Å². The van der Waals surface area contributed by atoms with Crippen LogP contribution in [0, 0.1) is 0 Å². The number of esters is 2. The first kappa shape index (κ1) is 38.1. The van der Waals surface area contributed by atoms with Crippen molar-refractivity contribution in [1.29, 1.82) is 0 Å². The van der Waals surface area contributed by atoms with Gasteiger partial charge in [0.15, 0.2) is 0 Å². The Morgan fingerprint density at radius 1 is 0.548 bits per heavy atom. The highest BCUT2D eigenvalue weighted by atomic mass is 32.2. The number of benzene rings is 1. The lowest BCUT2D eigenvalue weighted by Gasteiger charge is -2.10. The fourth-order valence-electron chi connectivity index (χ4n) is 5.10. The molecule has 0 heterocycles. The fourth-order valence-corrected chi connectivity index (χ4v) is 5.58. The van der Waals surface area contributed by atoms with E-state index in [1.807, 2.05) is 0 Å². The van der Waals surface area contributed by atoms with Gasteiger partial charge in [-0.15, -0.1) is 0 Å². The third kappa shape index (κ3) is 21.7. The monoisotopic (exact) mass is 610 g/mol. The van der Waals surface area contributed by atoms with Gasteiger partial charge in [0.2, 0.25) is 0 Å². The summed E-state index contributed by atoms with van der Waals surface area (Å²) in [6.45, 7) is 2.40. The van der Waals surface area contributed by atoms with Crippen LogP contribution >= 0.6 is 0 Å². The van der Waals surface area contributed by atoms with E-state index in [0.717, 1.165) is 19.3 Å². The van der Waals surface area contributed by atoms with E-state index in [9.17, 15) is 18.0 Å². The van der Waals surface area contributed by atoms with Crippen molar-refractivity contribution in [2.24, 2.45) is 0 Å². The Hall–Kier alpha value is -1.93. The van der Waals surface area contributed by atoms with Gasteiger partial charge in [0.1, 0.15) is 0 Å². The van der Waals surface area contributed by atoms with Crippen LogP contribution in [0.5, 0.6) is 0 Å². The molecular formula is C34H58O7S. The summed E-state index contributed by atoms with van der Waals surface area (Å²) in [7, 11) is -4.11. The molecule has 0 aliphatic heterocycles. The number of rotatable bonds is 28. The lowest BCUT2D eigenvalue weighted by molar-refractivity contribution is 0.0454. The molecule has 0 unspecified atom stereocenters. The molecule has 242 valence electrons. The average molecular weight is 611 g/mol. The van der Waals surface area contributed by atoms with Crippen LogP contribution in [0.2, 0.25) is 0 Å². The molecule has 0 saturated carbocycles. The zero-order valence-electron chi connectivity index (χ0n) is 26.3. The number of carbonyl (C=O) groups excluding carboxylic acids is 2. The first-order chi connectivity index (χ1) is 20.3. The summed E-state index contributed by atoms with van der Waals surface area (Å²) in [5.74, 6) is -1.80. The van der Waals surface area contributed by atoms with Crippen molar-refractivity contribution in [3.63, 3.8) is 0 Å². The van der Waals surface area contributed by atoms with Crippen LogP contribution in [0.15, 0.2) is 24.3 Å². The number of hydrogen-bond donors (Lipinski definition) is 1. The maximum atomic E-state index is 12.5. The normalized spacial score (nSPS) is 11.5. The highest BCUT2D eigenvalue weighted by molar-refractivity contribution is 7.85. The van der Waals surface area contributed by atoms with Gasteiger partial charge in [0.25, 0.3) is 10.1 Å². The lowest BCUT2D eigenvalue weighted by atomic mass is 10.0. The topological polar surface area (TPSA) is 107 Å². The summed E-state index contributed by atoms with van der Waals surface area (Å²) < 4.78 is 40.7. The minimum absolute atomic E-state index is 0.0311. The Morgan fingerprint density at radius 3 is 1.19 bits per heavy atom. The minimum atomic E-state index is -4.11. The molecule has 0 spiro atoms. The van der Waals surface area contributed by atoms with Crippen molar-refractivity contribution in [3.8, 4) is 0 Å². The van der Waals surface area contributed by atoms with Crippen LogP contribution in [-0.4, -0.2) is 43.9 Å². The first-order valence-corrected chi connectivity index (χ1v) is 18.3. The number of unbranched alkanes of at least 4 members (excludes halogenated alkanes) is 20. The second-order valence-electron chi connectivity index (χ2n) is 11.5. The molecule has 7 nitrogen and oxygen atoms in total. The Morgan fingerprint density at radius 2 is 0.857 bits per heavy atom. The van der Waals surface area contributed by atoms with Gasteiger partial charge in [-0.2, -0.15) is 8.42 Å². The molecule has 42 heavy (non-hydrogen) atoms. The van der Waals surface area contributed by atoms with Crippen molar-refractivity contribution in [3.05, 3.63) is 35.4 Å². The van der Waals surface area contributed by atoms with Crippen molar-refractivity contribution in [2.45, 2.75) is 148 Å². The van der Waals surface area contributed by atoms with E-state index in [-0.39, 0.29) is 24.2 Å². The number of ether oxygens (including phenoxy) is 2. The van der Waals surface area contributed by atoms with E-state index in [1.165, 1.54) is 128 Å². The van der Waals surface area contributed by atoms with Gasteiger partial charge in [-0.05, 0) is 25.0 Å². The van der Waals surface area contributed by atoms with E-state index in [1.54, 1.807) is 12.1 Å². The molecule has 0 saturated heterocycles. The average Bonchev–Trinajstić information content (AvgIpc) is 2.97. The third-order valence-electron chi connectivity index (χ3n) is 7.63. The maximum Gasteiger partial charge on any atom is 0.339 e. The first-order valence-electron chi connectivity index (χ1n) is 16.7. The molecule has 0 radical (unpaired) electrons. The second kappa shape index (κ2) is 25.6. The van der Waals surface area contributed by atoms with Gasteiger partial charge < -0.3 is 9.47 Å². The Labute approximate surface area is 256 Å². The Balaban J connectivity index is 1.96. The zero-order valence-corrected chi connectivity index (χ0v) is 27.1. The van der Waals surface area contributed by atoms with Crippen molar-refractivity contribution < 1.29 is 32.0 Å². The van der Waals surface area contributed by atoms with Gasteiger partial charge >= 0.3 is 11.9 Å². The van der Waals surface area contributed by atoms with Crippen LogP contribution in [0.3, 0.4) is 0 Å². The molecule has 1 aromatic carbocycles. The molecule has 0 aliphatic carbocycles. The molecule has 0 fully saturated rings. The van der Waals surface area contributed by atoms with E-state index >= 15 is 0 Å². The quantitative estimate of drug-likeness (QED) is 0.0572. The molecule has 1 aromatic rings. The largest absolute Gasteiger partial charge is 0.462 e. The molecule has 1 rings (SSSR count). The molecule has 0 aromatic heterocycles. The van der Waals surface area contributed by atoms with E-state index < -0.39 is 27.8 Å². The molecule has 8 heteroatoms. The smallest absolute Gasteiger partial charge is 0.339 e. The summed E-state index contributed by atoms with van der Waals surface area (Å²) in [6.07, 6.45) is 27.6. The van der Waals surface area contributed by atoms with Gasteiger partial charge in [-0.3, -0.25) is 4.55 Å². The fraction of sp³-hybridized carbons (Fsp3) is 0.765. The van der Waals surface area contributed by atoms with Gasteiger partial charge in [0.05, 0.1) is 30.1 Å². The third-order valence-corrected chi connectivity index (χ3v) is 8.43. The molecule has 0 aliphatic rings. The van der Waals surface area contributed by atoms with Crippen LogP contribution in [0.25, 0.3) is 0 Å². The van der Waals surface area contributed by atoms with Crippen molar-refractivity contribution >= 4 is 22.1 Å². The Kier molecular flexibility index (Phi) is 23.2. The SMILES string of the molecule is CCCCCCCCCCCCCCCCCCCCCCCOC(=O)c1ccccc1C(=O)OCCCS(=O)(=O)O. The van der Waals surface area contributed by atoms with E-state index in [2.05, 4.69) is 6.92 Å². The standard InChI is InChI=1S/C34H58O7S/c1-2-3-4-5-6-7-8-9-10-11-12-13-14-15-16-17-18-19-20-21-24-28-40-33(35)31-26-22-23-27-32(31)34(36)41-29-25-30-42(37,38)39/h22-23,26-27H,2-21,24-25,28-30H2,1H3,(H,37,38,39). The van der Waals surface area contributed by atoms with Crippen molar-refractivity contribution in [2.75, 3.05) is 19.0 Å². The van der Waals surface area contributed by atoms with Gasteiger partial charge in [-0.25, -0.2) is 9.59 Å². The molecule has 0 amide bonds. The predicted octanol–water partition coefficient (Wildman–Crippen LogP) is 9.49. The number of hydrogen-bond acceptors (Lipinski definition) is 6. The van der Waals surface area contributed by atoms with Gasteiger partial charge in [0, 0.05) is 0 Å². The molecule has 0 atom stereocenters. The maximum absolute atomic E-state index is 12.5. The van der Waals surface area contributed by atoms with E-state index in [4.69, 9.17) is 14.0 Å². The van der Waals surface area contributed by atoms with E-state index in [0.29, 0.717) is 6.61 Å². The summed E-state index contributed by atoms with van der Waals surface area (Å²) in [6, 6.07) is 6.24. The highest BCUT2D eigenvalue weighted by Crippen LogP contribution is 2.16. The van der Waals surface area contributed by atoms with Gasteiger partial charge in [-0.1, -0.05) is 147 Å². The second-order valence-corrected chi connectivity index (χ2v) is 13.1.